The molecule has 2 aromatic carbocycles. The second kappa shape index (κ2) is 10.4. The van der Waals surface area contributed by atoms with Gasteiger partial charge in [-0.1, -0.05) is 18.2 Å². The largest absolute Gasteiger partial charge is 0.371 e. The lowest BCUT2D eigenvalue weighted by Crippen LogP contribution is -2.47. The van der Waals surface area contributed by atoms with Gasteiger partial charge in [0.15, 0.2) is 0 Å². The molecule has 1 aliphatic heterocycles. The zero-order chi connectivity index (χ0) is 26.0. The normalized spacial score (nSPS) is 14.0. The average Bonchev–Trinajstić information content (AvgIpc) is 3.09. The van der Waals surface area contributed by atoms with E-state index in [9.17, 15) is 18.8 Å². The molecule has 0 unspecified atom stereocenters. The van der Waals surface area contributed by atoms with Crippen molar-refractivity contribution in [2.45, 2.75) is 39.7 Å². The first-order valence-electron chi connectivity index (χ1n) is 12.1. The second-order valence-electron chi connectivity index (χ2n) is 9.31. The van der Waals surface area contributed by atoms with Crippen LogP contribution in [0.3, 0.4) is 0 Å². The molecule has 0 bridgehead atoms. The number of carbonyl (C=O) groups is 3. The molecule has 1 aliphatic rings. The number of hydrogen-bond acceptors (Lipinski definition) is 4. The molecule has 8 heteroatoms. The number of amides is 2. The topological polar surface area (TPSA) is 83.4 Å². The predicted octanol–water partition coefficient (Wildman–Crippen LogP) is 4.31. The fraction of sp³-hybridized carbons (Fsp3) is 0.321. The SMILES string of the molecule is Cc1cc(NC(=O)c2c(C)c(C(=O)C(=O)NC3CCN(c4ccccc4)CC3)n(C)c2C)ccc1F. The van der Waals surface area contributed by atoms with Gasteiger partial charge in [0.05, 0.1) is 11.3 Å². The number of nitrogens with zero attached hydrogens (tertiary/aromatic N) is 2. The molecule has 0 atom stereocenters. The molecule has 0 aliphatic carbocycles. The number of carbonyl (C=O) groups excluding carboxylic acids is 3. The number of Topliss-reactive ketones (excluding diaryl/α,β-unsaturated/α-hetero) is 1. The number of ketones is 1. The maximum atomic E-state index is 13.6. The highest BCUT2D eigenvalue weighted by Gasteiger charge is 2.30. The number of nitrogens with one attached hydrogen (secondary N) is 2. The summed E-state index contributed by atoms with van der Waals surface area (Å²) in [5.74, 6) is -2.11. The predicted molar refractivity (Wildman–Crippen MR) is 138 cm³/mol. The fourth-order valence-electron chi connectivity index (χ4n) is 4.83. The van der Waals surface area contributed by atoms with E-state index >= 15 is 0 Å². The Bertz CT molecular complexity index is 1310. The van der Waals surface area contributed by atoms with Crippen LogP contribution in [-0.4, -0.2) is 41.3 Å². The monoisotopic (exact) mass is 490 g/mol. The Balaban J connectivity index is 1.44. The third kappa shape index (κ3) is 5.03. The van der Waals surface area contributed by atoms with Crippen LogP contribution >= 0.6 is 0 Å². The van der Waals surface area contributed by atoms with Gasteiger partial charge < -0.3 is 20.1 Å². The summed E-state index contributed by atoms with van der Waals surface area (Å²) >= 11 is 0. The maximum Gasteiger partial charge on any atom is 0.294 e. The molecule has 188 valence electrons. The third-order valence-electron chi connectivity index (χ3n) is 6.95. The average molecular weight is 491 g/mol. The van der Waals surface area contributed by atoms with Crippen molar-refractivity contribution in [3.8, 4) is 0 Å². The van der Waals surface area contributed by atoms with E-state index in [1.807, 2.05) is 18.2 Å². The molecule has 0 saturated carbocycles. The molecule has 1 aromatic heterocycles. The van der Waals surface area contributed by atoms with Gasteiger partial charge in [-0.15, -0.1) is 0 Å². The highest BCUT2D eigenvalue weighted by atomic mass is 19.1. The number of rotatable bonds is 6. The quantitative estimate of drug-likeness (QED) is 0.399. The van der Waals surface area contributed by atoms with Gasteiger partial charge in [0, 0.05) is 43.2 Å². The molecule has 36 heavy (non-hydrogen) atoms. The van der Waals surface area contributed by atoms with Crippen molar-refractivity contribution in [2.75, 3.05) is 23.3 Å². The van der Waals surface area contributed by atoms with Gasteiger partial charge in [-0.25, -0.2) is 4.39 Å². The van der Waals surface area contributed by atoms with E-state index in [0.29, 0.717) is 28.1 Å². The number of aromatic nitrogens is 1. The number of piperidine rings is 1. The summed E-state index contributed by atoms with van der Waals surface area (Å²) in [4.78, 5) is 41.4. The zero-order valence-corrected chi connectivity index (χ0v) is 21.0. The number of para-hydroxylation sites is 1. The van der Waals surface area contributed by atoms with Gasteiger partial charge in [-0.2, -0.15) is 0 Å². The summed E-state index contributed by atoms with van der Waals surface area (Å²) in [6.45, 7) is 6.59. The molecule has 3 aromatic rings. The molecular weight excluding hydrogens is 459 g/mol. The van der Waals surface area contributed by atoms with Gasteiger partial charge in [0.25, 0.3) is 17.6 Å². The Morgan fingerprint density at radius 2 is 1.64 bits per heavy atom. The van der Waals surface area contributed by atoms with Gasteiger partial charge in [-0.05, 0) is 75.1 Å². The van der Waals surface area contributed by atoms with Crippen molar-refractivity contribution in [2.24, 2.45) is 7.05 Å². The first-order chi connectivity index (χ1) is 17.2. The Hall–Kier alpha value is -3.94. The van der Waals surface area contributed by atoms with Crippen LogP contribution in [0.4, 0.5) is 15.8 Å². The Morgan fingerprint density at radius 3 is 2.28 bits per heavy atom. The lowest BCUT2D eigenvalue weighted by molar-refractivity contribution is -0.117. The Kier molecular flexibility index (Phi) is 7.24. The van der Waals surface area contributed by atoms with Crippen molar-refractivity contribution >= 4 is 29.0 Å². The van der Waals surface area contributed by atoms with Crippen molar-refractivity contribution in [3.05, 3.63) is 82.4 Å². The van der Waals surface area contributed by atoms with Crippen LogP contribution in [-0.2, 0) is 11.8 Å². The number of benzene rings is 2. The van der Waals surface area contributed by atoms with E-state index in [1.54, 1.807) is 38.5 Å². The van der Waals surface area contributed by atoms with E-state index in [2.05, 4.69) is 27.7 Å². The van der Waals surface area contributed by atoms with E-state index in [0.717, 1.165) is 31.6 Å². The van der Waals surface area contributed by atoms with Crippen LogP contribution in [0.25, 0.3) is 0 Å². The highest BCUT2D eigenvalue weighted by molar-refractivity contribution is 6.43. The fourth-order valence-corrected chi connectivity index (χ4v) is 4.83. The lowest BCUT2D eigenvalue weighted by Gasteiger charge is -2.33. The van der Waals surface area contributed by atoms with Crippen LogP contribution in [0.15, 0.2) is 48.5 Å². The van der Waals surface area contributed by atoms with E-state index in [1.165, 1.54) is 12.1 Å². The lowest BCUT2D eigenvalue weighted by atomic mass is 10.0. The standard InChI is InChI=1S/C28H31FN4O3/c1-17-16-21(10-11-23(17)29)31-27(35)24-18(2)25(32(4)19(24)3)26(34)28(36)30-20-12-14-33(15-13-20)22-8-6-5-7-9-22/h5-11,16,20H,12-15H2,1-4H3,(H,30,36)(H,31,35). The third-order valence-corrected chi connectivity index (χ3v) is 6.95. The second-order valence-corrected chi connectivity index (χ2v) is 9.31. The summed E-state index contributed by atoms with van der Waals surface area (Å²) in [6.07, 6.45) is 1.48. The molecule has 2 heterocycles. The molecular formula is C28H31FN4O3. The molecule has 0 spiro atoms. The summed E-state index contributed by atoms with van der Waals surface area (Å²) in [5, 5.41) is 5.65. The van der Waals surface area contributed by atoms with E-state index < -0.39 is 17.6 Å². The molecule has 7 nitrogen and oxygen atoms in total. The summed E-state index contributed by atoms with van der Waals surface area (Å²) in [5.41, 5.74) is 3.53. The van der Waals surface area contributed by atoms with Crippen molar-refractivity contribution in [1.82, 2.24) is 9.88 Å². The minimum absolute atomic E-state index is 0.0902. The van der Waals surface area contributed by atoms with Crippen LogP contribution < -0.4 is 15.5 Å². The summed E-state index contributed by atoms with van der Waals surface area (Å²) in [7, 11) is 1.67. The smallest absolute Gasteiger partial charge is 0.294 e. The number of halogens is 1. The van der Waals surface area contributed by atoms with Gasteiger partial charge in [0.2, 0.25) is 0 Å². The van der Waals surface area contributed by atoms with Crippen molar-refractivity contribution < 1.29 is 18.8 Å². The first-order valence-corrected chi connectivity index (χ1v) is 12.1. The van der Waals surface area contributed by atoms with Gasteiger partial charge >= 0.3 is 0 Å². The number of anilines is 2. The molecule has 1 fully saturated rings. The minimum Gasteiger partial charge on any atom is -0.371 e. The molecule has 4 rings (SSSR count). The summed E-state index contributed by atoms with van der Waals surface area (Å²) in [6, 6.07) is 14.3. The molecule has 2 amide bonds. The van der Waals surface area contributed by atoms with Gasteiger partial charge in [-0.3, -0.25) is 14.4 Å². The zero-order valence-electron chi connectivity index (χ0n) is 21.0. The van der Waals surface area contributed by atoms with Crippen LogP contribution in [0.5, 0.6) is 0 Å². The highest BCUT2D eigenvalue weighted by Crippen LogP contribution is 2.24. The molecule has 0 radical (unpaired) electrons. The summed E-state index contributed by atoms with van der Waals surface area (Å²) < 4.78 is 15.2. The van der Waals surface area contributed by atoms with Crippen LogP contribution in [0.1, 0.15) is 50.5 Å². The number of hydrogen-bond donors (Lipinski definition) is 2. The van der Waals surface area contributed by atoms with E-state index in [-0.39, 0.29) is 17.6 Å². The first kappa shape index (κ1) is 25.2. The van der Waals surface area contributed by atoms with Crippen LogP contribution in [0, 0.1) is 26.6 Å². The maximum absolute atomic E-state index is 13.6. The van der Waals surface area contributed by atoms with Crippen molar-refractivity contribution in [1.29, 1.82) is 0 Å². The number of aryl methyl sites for hydroxylation is 1. The van der Waals surface area contributed by atoms with E-state index in [4.69, 9.17) is 0 Å². The minimum atomic E-state index is -0.669. The molecule has 1 saturated heterocycles. The van der Waals surface area contributed by atoms with Crippen molar-refractivity contribution in [3.63, 3.8) is 0 Å². The Labute approximate surface area is 210 Å². The van der Waals surface area contributed by atoms with Crippen LogP contribution in [0.2, 0.25) is 0 Å². The van der Waals surface area contributed by atoms with Gasteiger partial charge in [0.1, 0.15) is 5.82 Å². The molecule has 2 N–H and O–H groups in total. The Morgan fingerprint density at radius 1 is 0.972 bits per heavy atom.